The smallest absolute Gasteiger partial charge is 0.387 e. The number of nitrogens with zero attached hydrogens (tertiary/aromatic N) is 2. The number of carbonyl (C=O) groups excluding carboxylic acids is 1. The Hall–Kier alpha value is -3.23. The van der Waals surface area contributed by atoms with Crippen molar-refractivity contribution < 1.29 is 27.4 Å². The number of hydrogen-bond acceptors (Lipinski definition) is 4. The number of rotatable bonds is 7. The van der Waals surface area contributed by atoms with E-state index in [0.717, 1.165) is 0 Å². The molecule has 9 heteroatoms. The van der Waals surface area contributed by atoms with Gasteiger partial charge >= 0.3 is 6.61 Å². The molecule has 1 aromatic heterocycles. The second kappa shape index (κ2) is 8.20. The predicted molar refractivity (Wildman–Crippen MR) is 96.3 cm³/mol. The SMILES string of the molecule is COc1cccc(C(=O)NCCc2nc3ccc(F)cc3n2C)c1OC(F)F. The molecular weight excluding hydrogens is 375 g/mol. The number of nitrogens with one attached hydrogen (secondary N) is 1. The van der Waals surface area contributed by atoms with E-state index in [-0.39, 0.29) is 29.4 Å². The van der Waals surface area contributed by atoms with Crippen molar-refractivity contribution in [3.63, 3.8) is 0 Å². The Morgan fingerprint density at radius 1 is 1.29 bits per heavy atom. The Morgan fingerprint density at radius 2 is 2.07 bits per heavy atom. The molecule has 1 N–H and O–H groups in total. The first-order valence-corrected chi connectivity index (χ1v) is 8.41. The largest absolute Gasteiger partial charge is 0.493 e. The second-order valence-corrected chi connectivity index (χ2v) is 5.94. The van der Waals surface area contributed by atoms with E-state index in [1.165, 1.54) is 37.4 Å². The molecule has 0 aliphatic carbocycles. The average Bonchev–Trinajstić information content (AvgIpc) is 2.97. The summed E-state index contributed by atoms with van der Waals surface area (Å²) in [6.07, 6.45) is 0.369. The van der Waals surface area contributed by atoms with Gasteiger partial charge in [0.05, 0.1) is 23.7 Å². The molecule has 2 aromatic carbocycles. The first kappa shape index (κ1) is 19.5. The fourth-order valence-electron chi connectivity index (χ4n) is 2.89. The highest BCUT2D eigenvalue weighted by molar-refractivity contribution is 5.97. The van der Waals surface area contributed by atoms with Crippen LogP contribution in [0, 0.1) is 5.82 Å². The lowest BCUT2D eigenvalue weighted by molar-refractivity contribution is -0.0515. The first-order valence-electron chi connectivity index (χ1n) is 8.41. The van der Waals surface area contributed by atoms with Crippen LogP contribution in [0.2, 0.25) is 0 Å². The summed E-state index contributed by atoms with van der Waals surface area (Å²) in [6.45, 7) is -2.90. The van der Waals surface area contributed by atoms with Crippen LogP contribution in [0.4, 0.5) is 13.2 Å². The number of fused-ring (bicyclic) bond motifs is 1. The number of imidazole rings is 1. The number of benzene rings is 2. The van der Waals surface area contributed by atoms with E-state index in [1.54, 1.807) is 17.7 Å². The number of methoxy groups -OCH3 is 1. The van der Waals surface area contributed by atoms with Crippen molar-refractivity contribution in [3.8, 4) is 11.5 Å². The Labute approximate surface area is 158 Å². The Morgan fingerprint density at radius 3 is 2.79 bits per heavy atom. The van der Waals surface area contributed by atoms with Gasteiger partial charge in [-0.1, -0.05) is 6.07 Å². The Balaban J connectivity index is 1.72. The highest BCUT2D eigenvalue weighted by Gasteiger charge is 2.20. The summed E-state index contributed by atoms with van der Waals surface area (Å²) < 4.78 is 49.9. The third kappa shape index (κ3) is 4.03. The fraction of sp³-hybridized carbons (Fsp3) is 0.263. The zero-order valence-corrected chi connectivity index (χ0v) is 15.2. The lowest BCUT2D eigenvalue weighted by Crippen LogP contribution is -2.27. The molecule has 28 heavy (non-hydrogen) atoms. The predicted octanol–water partition coefficient (Wildman–Crippen LogP) is 3.29. The van der Waals surface area contributed by atoms with Crippen molar-refractivity contribution in [3.05, 3.63) is 53.6 Å². The lowest BCUT2D eigenvalue weighted by Gasteiger charge is -2.14. The van der Waals surface area contributed by atoms with Crippen molar-refractivity contribution in [1.82, 2.24) is 14.9 Å². The molecule has 6 nitrogen and oxygen atoms in total. The summed E-state index contributed by atoms with van der Waals surface area (Å²) >= 11 is 0. The first-order chi connectivity index (χ1) is 13.4. The molecule has 0 saturated carbocycles. The molecule has 0 bridgehead atoms. The number of hydrogen-bond donors (Lipinski definition) is 1. The van der Waals surface area contributed by atoms with Crippen LogP contribution in [-0.2, 0) is 13.5 Å². The average molecular weight is 393 g/mol. The van der Waals surface area contributed by atoms with Gasteiger partial charge in [0, 0.05) is 20.0 Å². The summed E-state index contributed by atoms with van der Waals surface area (Å²) in [5.41, 5.74) is 1.22. The van der Waals surface area contributed by atoms with Crippen LogP contribution in [0.25, 0.3) is 11.0 Å². The number of aryl methyl sites for hydroxylation is 1. The normalized spacial score (nSPS) is 11.1. The Kier molecular flexibility index (Phi) is 5.72. The molecule has 3 rings (SSSR count). The van der Waals surface area contributed by atoms with E-state index in [0.29, 0.717) is 23.3 Å². The number of para-hydroxylation sites is 1. The van der Waals surface area contributed by atoms with Gasteiger partial charge in [-0.3, -0.25) is 4.79 Å². The van der Waals surface area contributed by atoms with Gasteiger partial charge in [0.2, 0.25) is 0 Å². The number of ether oxygens (including phenoxy) is 2. The molecule has 1 heterocycles. The third-order valence-corrected chi connectivity index (χ3v) is 4.22. The zero-order chi connectivity index (χ0) is 20.3. The van der Waals surface area contributed by atoms with Crippen LogP contribution in [0.15, 0.2) is 36.4 Å². The van der Waals surface area contributed by atoms with E-state index in [4.69, 9.17) is 4.74 Å². The molecule has 148 valence electrons. The van der Waals surface area contributed by atoms with Crippen LogP contribution < -0.4 is 14.8 Å². The zero-order valence-electron chi connectivity index (χ0n) is 15.2. The maximum Gasteiger partial charge on any atom is 0.387 e. The monoisotopic (exact) mass is 393 g/mol. The molecule has 0 spiro atoms. The van der Waals surface area contributed by atoms with Crippen LogP contribution in [0.5, 0.6) is 11.5 Å². The lowest BCUT2D eigenvalue weighted by atomic mass is 10.1. The summed E-state index contributed by atoms with van der Waals surface area (Å²) in [6, 6.07) is 8.59. The van der Waals surface area contributed by atoms with Gasteiger partial charge in [-0.25, -0.2) is 9.37 Å². The summed E-state index contributed by atoms with van der Waals surface area (Å²) in [5, 5.41) is 2.65. The van der Waals surface area contributed by atoms with Crippen LogP contribution >= 0.6 is 0 Å². The second-order valence-electron chi connectivity index (χ2n) is 5.94. The highest BCUT2D eigenvalue weighted by atomic mass is 19.3. The molecule has 0 atom stereocenters. The molecule has 0 fully saturated rings. The topological polar surface area (TPSA) is 65.4 Å². The number of carbonyl (C=O) groups is 1. The van der Waals surface area contributed by atoms with E-state index >= 15 is 0 Å². The van der Waals surface area contributed by atoms with Crippen LogP contribution in [-0.4, -0.2) is 35.7 Å². The molecule has 1 amide bonds. The Bertz CT molecular complexity index is 1000. The number of halogens is 3. The summed E-state index contributed by atoms with van der Waals surface area (Å²) in [5.74, 6) is -0.587. The van der Waals surface area contributed by atoms with Gasteiger partial charge in [0.15, 0.2) is 11.5 Å². The molecular formula is C19H18F3N3O3. The quantitative estimate of drug-likeness (QED) is 0.669. The molecule has 0 aliphatic rings. The molecule has 0 saturated heterocycles. The minimum absolute atomic E-state index is 0.0327. The highest BCUT2D eigenvalue weighted by Crippen LogP contribution is 2.32. The van der Waals surface area contributed by atoms with Gasteiger partial charge in [0.1, 0.15) is 11.6 Å². The molecule has 0 radical (unpaired) electrons. The molecule has 0 aliphatic heterocycles. The van der Waals surface area contributed by atoms with Crippen molar-refractivity contribution in [1.29, 1.82) is 0 Å². The van der Waals surface area contributed by atoms with Crippen molar-refractivity contribution in [2.75, 3.05) is 13.7 Å². The van der Waals surface area contributed by atoms with Gasteiger partial charge in [-0.2, -0.15) is 8.78 Å². The summed E-state index contributed by atoms with van der Waals surface area (Å²) in [4.78, 5) is 16.8. The fourth-order valence-corrected chi connectivity index (χ4v) is 2.89. The van der Waals surface area contributed by atoms with Gasteiger partial charge in [-0.05, 0) is 30.3 Å². The maximum absolute atomic E-state index is 13.4. The van der Waals surface area contributed by atoms with E-state index in [9.17, 15) is 18.0 Å². The number of aromatic nitrogens is 2. The number of amides is 1. The van der Waals surface area contributed by atoms with Crippen molar-refractivity contribution >= 4 is 16.9 Å². The molecule has 0 unspecified atom stereocenters. The van der Waals surface area contributed by atoms with E-state index < -0.39 is 12.5 Å². The standard InChI is InChI=1S/C19H18F3N3O3/c1-25-14-10-11(20)6-7-13(14)24-16(25)8-9-23-18(26)12-4-3-5-15(27-2)17(12)28-19(21)22/h3-7,10,19H,8-9H2,1-2H3,(H,23,26). The van der Waals surface area contributed by atoms with Crippen molar-refractivity contribution in [2.24, 2.45) is 7.05 Å². The summed E-state index contributed by atoms with van der Waals surface area (Å²) in [7, 11) is 3.05. The minimum Gasteiger partial charge on any atom is -0.493 e. The van der Waals surface area contributed by atoms with E-state index in [1.807, 2.05) is 0 Å². The maximum atomic E-state index is 13.4. The van der Waals surface area contributed by atoms with Gasteiger partial charge < -0.3 is 19.4 Å². The molecule has 3 aromatic rings. The third-order valence-electron chi connectivity index (χ3n) is 4.22. The van der Waals surface area contributed by atoms with Gasteiger partial charge in [0.25, 0.3) is 5.91 Å². The van der Waals surface area contributed by atoms with Crippen LogP contribution in [0.3, 0.4) is 0 Å². The van der Waals surface area contributed by atoms with E-state index in [2.05, 4.69) is 15.0 Å². The minimum atomic E-state index is -3.09. The van der Waals surface area contributed by atoms with Crippen molar-refractivity contribution in [2.45, 2.75) is 13.0 Å². The van der Waals surface area contributed by atoms with Gasteiger partial charge in [-0.15, -0.1) is 0 Å². The number of alkyl halides is 2. The van der Waals surface area contributed by atoms with Crippen LogP contribution in [0.1, 0.15) is 16.2 Å².